The van der Waals surface area contributed by atoms with Crippen LogP contribution in [0.15, 0.2) is 53.1 Å². The largest absolute Gasteiger partial charge is 0.491 e. The molecule has 6 heteroatoms. The standard InChI is InChI=1S/C19H19F2NO3/c1-13-8-14-9-16(5-6-17(14)25-13)24-10-15-4-2-3-7-22(15)18-11-23-12-19(18,20)21/h2-9,15,18H,10-12H2,1H3. The molecule has 4 rings (SSSR count). The number of hydrogen-bond donors (Lipinski definition) is 0. The van der Waals surface area contributed by atoms with Crippen molar-refractivity contribution in [3.63, 3.8) is 0 Å². The predicted octanol–water partition coefficient (Wildman–Crippen LogP) is 3.91. The first-order valence-corrected chi connectivity index (χ1v) is 8.24. The van der Waals surface area contributed by atoms with Gasteiger partial charge in [-0.25, -0.2) is 8.78 Å². The maximum absolute atomic E-state index is 14.0. The second-order valence-corrected chi connectivity index (χ2v) is 6.40. The molecule has 0 aliphatic carbocycles. The third-order valence-corrected chi connectivity index (χ3v) is 4.53. The van der Waals surface area contributed by atoms with E-state index in [9.17, 15) is 8.78 Å². The number of aryl methyl sites for hydroxylation is 1. The minimum Gasteiger partial charge on any atom is -0.491 e. The van der Waals surface area contributed by atoms with Gasteiger partial charge in [-0.1, -0.05) is 12.2 Å². The van der Waals surface area contributed by atoms with Gasteiger partial charge in [0.25, 0.3) is 5.92 Å². The molecule has 0 bridgehead atoms. The molecule has 25 heavy (non-hydrogen) atoms. The SMILES string of the molecule is Cc1cc2cc(OCC3C=CC=CN3C3COCC3(F)F)ccc2o1. The first-order valence-electron chi connectivity index (χ1n) is 8.24. The van der Waals surface area contributed by atoms with E-state index in [1.54, 1.807) is 17.2 Å². The molecule has 0 amide bonds. The van der Waals surface area contributed by atoms with Gasteiger partial charge in [-0.3, -0.25) is 0 Å². The van der Waals surface area contributed by atoms with Crippen molar-refractivity contribution in [1.29, 1.82) is 0 Å². The number of ether oxygens (including phenoxy) is 2. The first-order chi connectivity index (χ1) is 12.0. The number of hydrogen-bond acceptors (Lipinski definition) is 4. The number of nitrogens with zero attached hydrogens (tertiary/aromatic N) is 1. The van der Waals surface area contributed by atoms with Crippen molar-refractivity contribution in [2.45, 2.75) is 24.9 Å². The quantitative estimate of drug-likeness (QED) is 0.840. The summed E-state index contributed by atoms with van der Waals surface area (Å²) in [7, 11) is 0. The normalized spacial score (nSPS) is 25.0. The number of fused-ring (bicyclic) bond motifs is 1. The molecule has 0 N–H and O–H groups in total. The Kier molecular flexibility index (Phi) is 4.00. The lowest BCUT2D eigenvalue weighted by Crippen LogP contribution is -2.50. The van der Waals surface area contributed by atoms with E-state index in [1.165, 1.54) is 0 Å². The van der Waals surface area contributed by atoms with Crippen molar-refractivity contribution in [3.8, 4) is 5.75 Å². The molecule has 0 spiro atoms. The molecular weight excluding hydrogens is 328 g/mol. The molecule has 132 valence electrons. The van der Waals surface area contributed by atoms with Gasteiger partial charge in [-0.2, -0.15) is 0 Å². The zero-order valence-electron chi connectivity index (χ0n) is 13.8. The number of rotatable bonds is 4. The Balaban J connectivity index is 1.48. The topological polar surface area (TPSA) is 34.8 Å². The molecule has 2 unspecified atom stereocenters. The Morgan fingerprint density at radius 3 is 2.96 bits per heavy atom. The fourth-order valence-electron chi connectivity index (χ4n) is 3.28. The van der Waals surface area contributed by atoms with Gasteiger partial charge in [0.2, 0.25) is 0 Å². The lowest BCUT2D eigenvalue weighted by atomic mass is 10.1. The summed E-state index contributed by atoms with van der Waals surface area (Å²) in [5.41, 5.74) is 0.801. The summed E-state index contributed by atoms with van der Waals surface area (Å²) in [6.07, 6.45) is 7.16. The van der Waals surface area contributed by atoms with Crippen LogP contribution < -0.4 is 4.74 Å². The number of halogens is 2. The monoisotopic (exact) mass is 347 g/mol. The number of furan rings is 1. The summed E-state index contributed by atoms with van der Waals surface area (Å²) in [6.45, 7) is 1.65. The highest BCUT2D eigenvalue weighted by Crippen LogP contribution is 2.32. The molecule has 0 radical (unpaired) electrons. The average Bonchev–Trinajstić information content (AvgIpc) is 3.13. The molecule has 1 aromatic carbocycles. The lowest BCUT2D eigenvalue weighted by Gasteiger charge is -2.36. The van der Waals surface area contributed by atoms with E-state index >= 15 is 0 Å². The third-order valence-electron chi connectivity index (χ3n) is 4.53. The van der Waals surface area contributed by atoms with Crippen LogP contribution in [0.25, 0.3) is 11.0 Å². The van der Waals surface area contributed by atoms with Crippen LogP contribution in [0.4, 0.5) is 8.78 Å². The van der Waals surface area contributed by atoms with Crippen LogP contribution in [-0.4, -0.2) is 42.7 Å². The highest BCUT2D eigenvalue weighted by molar-refractivity contribution is 5.79. The van der Waals surface area contributed by atoms with E-state index in [1.807, 2.05) is 43.3 Å². The molecule has 2 aromatic rings. The van der Waals surface area contributed by atoms with Gasteiger partial charge in [0, 0.05) is 11.6 Å². The molecule has 1 saturated heterocycles. The van der Waals surface area contributed by atoms with E-state index in [2.05, 4.69) is 0 Å². The Morgan fingerprint density at radius 1 is 1.28 bits per heavy atom. The maximum atomic E-state index is 14.0. The van der Waals surface area contributed by atoms with E-state index in [-0.39, 0.29) is 19.3 Å². The summed E-state index contributed by atoms with van der Waals surface area (Å²) in [6, 6.07) is 6.27. The highest BCUT2D eigenvalue weighted by atomic mass is 19.3. The molecule has 1 aromatic heterocycles. The van der Waals surface area contributed by atoms with E-state index in [0.29, 0.717) is 5.75 Å². The Morgan fingerprint density at radius 2 is 2.16 bits per heavy atom. The summed E-state index contributed by atoms with van der Waals surface area (Å²) < 4.78 is 44.5. The Hall–Kier alpha value is -2.34. The fraction of sp³-hybridized carbons (Fsp3) is 0.368. The summed E-state index contributed by atoms with van der Waals surface area (Å²) >= 11 is 0. The summed E-state index contributed by atoms with van der Waals surface area (Å²) in [5.74, 6) is -1.34. The third kappa shape index (κ3) is 3.14. The van der Waals surface area contributed by atoms with Gasteiger partial charge in [0.05, 0.1) is 12.6 Å². The highest BCUT2D eigenvalue weighted by Gasteiger charge is 2.49. The van der Waals surface area contributed by atoms with Gasteiger partial charge < -0.3 is 18.8 Å². The van der Waals surface area contributed by atoms with E-state index in [0.717, 1.165) is 16.7 Å². The average molecular weight is 347 g/mol. The predicted molar refractivity (Wildman–Crippen MR) is 89.9 cm³/mol. The molecule has 2 aliphatic heterocycles. The van der Waals surface area contributed by atoms with Crippen molar-refractivity contribution in [1.82, 2.24) is 4.90 Å². The maximum Gasteiger partial charge on any atom is 0.293 e. The van der Waals surface area contributed by atoms with Crippen LogP contribution in [0.2, 0.25) is 0 Å². The molecule has 3 heterocycles. The summed E-state index contributed by atoms with van der Waals surface area (Å²) in [5, 5.41) is 0.960. The summed E-state index contributed by atoms with van der Waals surface area (Å²) in [4.78, 5) is 1.63. The molecular formula is C19H19F2NO3. The van der Waals surface area contributed by atoms with Gasteiger partial charge in [-0.15, -0.1) is 0 Å². The Bertz CT molecular complexity index is 827. The minimum atomic E-state index is -2.86. The van der Waals surface area contributed by atoms with Crippen molar-refractivity contribution in [3.05, 3.63) is 54.5 Å². The zero-order valence-corrected chi connectivity index (χ0v) is 13.8. The Labute approximate surface area is 144 Å². The van der Waals surface area contributed by atoms with Crippen LogP contribution >= 0.6 is 0 Å². The van der Waals surface area contributed by atoms with Crippen molar-refractivity contribution in [2.75, 3.05) is 19.8 Å². The van der Waals surface area contributed by atoms with E-state index < -0.39 is 18.6 Å². The van der Waals surface area contributed by atoms with Crippen molar-refractivity contribution < 1.29 is 22.7 Å². The fourth-order valence-corrected chi connectivity index (χ4v) is 3.28. The smallest absolute Gasteiger partial charge is 0.293 e. The van der Waals surface area contributed by atoms with Crippen LogP contribution in [-0.2, 0) is 4.74 Å². The van der Waals surface area contributed by atoms with Gasteiger partial charge in [0.15, 0.2) is 0 Å². The van der Waals surface area contributed by atoms with Crippen LogP contribution in [0, 0.1) is 6.92 Å². The van der Waals surface area contributed by atoms with Crippen LogP contribution in [0.3, 0.4) is 0 Å². The number of allylic oxidation sites excluding steroid dienone is 2. The van der Waals surface area contributed by atoms with Gasteiger partial charge >= 0.3 is 0 Å². The first kappa shape index (κ1) is 16.1. The number of benzene rings is 1. The van der Waals surface area contributed by atoms with E-state index in [4.69, 9.17) is 13.9 Å². The lowest BCUT2D eigenvalue weighted by molar-refractivity contribution is -0.0528. The van der Waals surface area contributed by atoms with Crippen molar-refractivity contribution in [2.24, 2.45) is 0 Å². The van der Waals surface area contributed by atoms with Crippen molar-refractivity contribution >= 4 is 11.0 Å². The molecule has 4 nitrogen and oxygen atoms in total. The number of alkyl halides is 2. The minimum absolute atomic E-state index is 0.0158. The van der Waals surface area contributed by atoms with Gasteiger partial charge in [0.1, 0.15) is 36.3 Å². The molecule has 2 atom stereocenters. The molecule has 2 aliphatic rings. The van der Waals surface area contributed by atoms with Gasteiger partial charge in [-0.05, 0) is 37.3 Å². The second-order valence-electron chi connectivity index (χ2n) is 6.40. The molecule has 1 fully saturated rings. The zero-order chi connectivity index (χ0) is 17.4. The van der Waals surface area contributed by atoms with Crippen LogP contribution in [0.5, 0.6) is 5.75 Å². The second kappa shape index (κ2) is 6.19. The van der Waals surface area contributed by atoms with Crippen LogP contribution in [0.1, 0.15) is 5.76 Å². The molecule has 0 saturated carbocycles.